The number of aliphatic carboxylic acids is 1. The SMILES string of the molecule is O=C(O)CCCC(=O)OCCCOc1ccc(/C=C/[N+](=O)[O-])cc1. The van der Waals surface area contributed by atoms with Gasteiger partial charge >= 0.3 is 11.9 Å². The molecule has 1 rings (SSSR count). The van der Waals surface area contributed by atoms with Gasteiger partial charge in [0.05, 0.1) is 18.1 Å². The van der Waals surface area contributed by atoms with Gasteiger partial charge in [-0.25, -0.2) is 0 Å². The highest BCUT2D eigenvalue weighted by Gasteiger charge is 2.05. The summed E-state index contributed by atoms with van der Waals surface area (Å²) in [5.74, 6) is -0.740. The highest BCUT2D eigenvalue weighted by Crippen LogP contribution is 2.13. The Balaban J connectivity index is 2.15. The van der Waals surface area contributed by atoms with Crippen molar-refractivity contribution >= 4 is 18.0 Å². The zero-order valence-corrected chi connectivity index (χ0v) is 13.1. The first-order valence-corrected chi connectivity index (χ1v) is 7.39. The number of esters is 1. The van der Waals surface area contributed by atoms with Crippen molar-refractivity contribution in [2.45, 2.75) is 25.7 Å². The van der Waals surface area contributed by atoms with E-state index in [0.29, 0.717) is 24.3 Å². The summed E-state index contributed by atoms with van der Waals surface area (Å²) >= 11 is 0. The number of carboxylic acid groups (broad SMARTS) is 1. The average Bonchev–Trinajstić information content (AvgIpc) is 2.53. The summed E-state index contributed by atoms with van der Waals surface area (Å²) in [6.07, 6.45) is 3.06. The van der Waals surface area contributed by atoms with Gasteiger partial charge in [-0.3, -0.25) is 19.7 Å². The molecule has 0 aliphatic heterocycles. The van der Waals surface area contributed by atoms with Crippen LogP contribution in [0.5, 0.6) is 5.75 Å². The minimum absolute atomic E-state index is 0.0505. The van der Waals surface area contributed by atoms with E-state index in [0.717, 1.165) is 6.20 Å². The molecule has 8 nitrogen and oxygen atoms in total. The molecule has 0 aromatic heterocycles. The van der Waals surface area contributed by atoms with E-state index in [-0.39, 0.29) is 25.9 Å². The number of nitro groups is 1. The predicted molar refractivity (Wildman–Crippen MR) is 85.0 cm³/mol. The first-order chi connectivity index (χ1) is 11.5. The molecule has 8 heteroatoms. The quantitative estimate of drug-likeness (QED) is 0.285. The summed E-state index contributed by atoms with van der Waals surface area (Å²) in [5, 5.41) is 18.7. The van der Waals surface area contributed by atoms with Crippen LogP contribution in [0.25, 0.3) is 6.08 Å². The van der Waals surface area contributed by atoms with Gasteiger partial charge in [0.15, 0.2) is 0 Å². The topological polar surface area (TPSA) is 116 Å². The summed E-state index contributed by atoms with van der Waals surface area (Å²) in [4.78, 5) is 31.3. The Morgan fingerprint density at radius 3 is 2.46 bits per heavy atom. The van der Waals surface area contributed by atoms with Gasteiger partial charge in [-0.2, -0.15) is 0 Å². The third kappa shape index (κ3) is 9.19. The van der Waals surface area contributed by atoms with Crippen molar-refractivity contribution in [2.24, 2.45) is 0 Å². The minimum Gasteiger partial charge on any atom is -0.493 e. The van der Waals surface area contributed by atoms with Crippen LogP contribution in [0, 0.1) is 10.1 Å². The summed E-state index contributed by atoms with van der Waals surface area (Å²) in [6, 6.07) is 6.77. The second-order valence-electron chi connectivity index (χ2n) is 4.84. The molecule has 24 heavy (non-hydrogen) atoms. The summed E-state index contributed by atoms with van der Waals surface area (Å²) < 4.78 is 10.4. The van der Waals surface area contributed by atoms with Crippen molar-refractivity contribution in [2.75, 3.05) is 13.2 Å². The number of hydrogen-bond acceptors (Lipinski definition) is 6. The fourth-order valence-electron chi connectivity index (χ4n) is 1.71. The van der Waals surface area contributed by atoms with Crippen LogP contribution in [0.1, 0.15) is 31.2 Å². The van der Waals surface area contributed by atoms with Crippen LogP contribution in [-0.2, 0) is 14.3 Å². The molecule has 130 valence electrons. The number of hydrogen-bond donors (Lipinski definition) is 1. The average molecular weight is 337 g/mol. The number of nitrogens with zero attached hydrogens (tertiary/aromatic N) is 1. The summed E-state index contributed by atoms with van der Waals surface area (Å²) in [7, 11) is 0. The molecule has 0 atom stereocenters. The largest absolute Gasteiger partial charge is 0.493 e. The predicted octanol–water partition coefficient (Wildman–Crippen LogP) is 2.50. The van der Waals surface area contributed by atoms with Crippen LogP contribution in [0.2, 0.25) is 0 Å². The van der Waals surface area contributed by atoms with E-state index < -0.39 is 16.9 Å². The molecule has 0 bridgehead atoms. The second-order valence-corrected chi connectivity index (χ2v) is 4.84. The van der Waals surface area contributed by atoms with Gasteiger partial charge in [0.2, 0.25) is 6.20 Å². The maximum atomic E-state index is 11.3. The lowest BCUT2D eigenvalue weighted by Crippen LogP contribution is -2.09. The van der Waals surface area contributed by atoms with Gasteiger partial charge in [0.1, 0.15) is 5.75 Å². The zero-order valence-electron chi connectivity index (χ0n) is 13.1. The third-order valence-electron chi connectivity index (χ3n) is 2.86. The monoisotopic (exact) mass is 337 g/mol. The van der Waals surface area contributed by atoms with Crippen LogP contribution in [0.4, 0.5) is 0 Å². The maximum Gasteiger partial charge on any atom is 0.305 e. The van der Waals surface area contributed by atoms with Crippen molar-refractivity contribution in [1.29, 1.82) is 0 Å². The molecule has 0 fully saturated rings. The zero-order chi connectivity index (χ0) is 17.8. The van der Waals surface area contributed by atoms with Crippen LogP contribution < -0.4 is 4.74 Å². The molecule has 0 heterocycles. The Morgan fingerprint density at radius 2 is 1.83 bits per heavy atom. The number of carbonyl (C=O) groups excluding carboxylic acids is 1. The van der Waals surface area contributed by atoms with Gasteiger partial charge in [-0.15, -0.1) is 0 Å². The lowest BCUT2D eigenvalue weighted by molar-refractivity contribution is -0.400. The molecule has 0 saturated carbocycles. The Labute approximate surface area is 138 Å². The Kier molecular flexibility index (Phi) is 8.59. The lowest BCUT2D eigenvalue weighted by atomic mass is 10.2. The molecule has 0 aliphatic rings. The molecule has 0 unspecified atom stereocenters. The lowest BCUT2D eigenvalue weighted by Gasteiger charge is -2.07. The molecule has 1 aromatic rings. The first-order valence-electron chi connectivity index (χ1n) is 7.39. The molecule has 1 aromatic carbocycles. The maximum absolute atomic E-state index is 11.3. The van der Waals surface area contributed by atoms with Gasteiger partial charge < -0.3 is 14.6 Å². The van der Waals surface area contributed by atoms with Crippen LogP contribution in [-0.4, -0.2) is 35.2 Å². The fraction of sp³-hybridized carbons (Fsp3) is 0.375. The van der Waals surface area contributed by atoms with Crippen LogP contribution in [0.3, 0.4) is 0 Å². The Bertz CT molecular complexity index is 581. The number of rotatable bonds is 11. The van der Waals surface area contributed by atoms with Crippen molar-refractivity contribution < 1.29 is 29.1 Å². The van der Waals surface area contributed by atoms with Gasteiger partial charge in [-0.05, 0) is 24.1 Å². The highest BCUT2D eigenvalue weighted by atomic mass is 16.6. The first kappa shape index (κ1) is 19.1. The number of carboxylic acids is 1. The summed E-state index contributed by atoms with van der Waals surface area (Å²) in [5.41, 5.74) is 0.689. The minimum atomic E-state index is -0.934. The normalized spacial score (nSPS) is 10.5. The van der Waals surface area contributed by atoms with E-state index >= 15 is 0 Å². The Morgan fingerprint density at radius 1 is 1.12 bits per heavy atom. The summed E-state index contributed by atoms with van der Waals surface area (Å²) in [6.45, 7) is 0.558. The smallest absolute Gasteiger partial charge is 0.305 e. The van der Waals surface area contributed by atoms with E-state index in [9.17, 15) is 19.7 Å². The second kappa shape index (κ2) is 10.8. The highest BCUT2D eigenvalue weighted by molar-refractivity contribution is 5.71. The fourth-order valence-corrected chi connectivity index (χ4v) is 1.71. The van der Waals surface area contributed by atoms with E-state index in [1.54, 1.807) is 24.3 Å². The number of ether oxygens (including phenoxy) is 2. The molecule has 0 aliphatic carbocycles. The van der Waals surface area contributed by atoms with E-state index in [2.05, 4.69) is 0 Å². The number of benzene rings is 1. The van der Waals surface area contributed by atoms with Gasteiger partial charge in [-0.1, -0.05) is 12.1 Å². The molecule has 0 saturated heterocycles. The molecular formula is C16H19NO7. The molecule has 1 N–H and O–H groups in total. The van der Waals surface area contributed by atoms with E-state index in [1.807, 2.05) is 0 Å². The van der Waals surface area contributed by atoms with E-state index in [4.69, 9.17) is 14.6 Å². The molecule has 0 spiro atoms. The molecule has 0 amide bonds. The van der Waals surface area contributed by atoms with Crippen molar-refractivity contribution in [3.05, 3.63) is 46.1 Å². The van der Waals surface area contributed by atoms with Crippen LogP contribution >= 0.6 is 0 Å². The van der Waals surface area contributed by atoms with E-state index in [1.165, 1.54) is 6.08 Å². The van der Waals surface area contributed by atoms with Gasteiger partial charge in [0.25, 0.3) is 0 Å². The van der Waals surface area contributed by atoms with Gasteiger partial charge in [0, 0.05) is 25.3 Å². The number of carbonyl (C=O) groups is 2. The Hall–Kier alpha value is -2.90. The standard InChI is InChI=1S/C16H19NO7/c18-15(19)3-1-4-16(20)24-12-2-11-23-14-7-5-13(6-8-14)9-10-17(21)22/h5-10H,1-4,11-12H2,(H,18,19)/b10-9+. The third-order valence-corrected chi connectivity index (χ3v) is 2.86. The van der Waals surface area contributed by atoms with Crippen molar-refractivity contribution in [1.82, 2.24) is 0 Å². The van der Waals surface area contributed by atoms with Crippen LogP contribution in [0.15, 0.2) is 30.5 Å². The molecule has 0 radical (unpaired) electrons. The van der Waals surface area contributed by atoms with Crippen molar-refractivity contribution in [3.63, 3.8) is 0 Å². The van der Waals surface area contributed by atoms with Crippen molar-refractivity contribution in [3.8, 4) is 5.75 Å². The molecular weight excluding hydrogens is 318 g/mol.